The molecule has 2 unspecified atom stereocenters. The van der Waals surface area contributed by atoms with E-state index in [2.05, 4.69) is 34.6 Å². The number of ether oxygens (including phenoxy) is 4. The van der Waals surface area contributed by atoms with Crippen molar-refractivity contribution in [2.75, 3.05) is 39.6 Å². The molecule has 0 spiro atoms. The SMILES string of the molecule is CCCCCCCCCCCCCCCCCCCCCCCCC(=O)O[C@H](COC(=O)CCCCCCCCCCCCCCCCCCCCCC)COP(=O)(O)OC[C@@H](O)COP(=O)(O)OC[C@@H](COC(=O)CCCCCCCCCCCC)OC(=O)CCCCCCCCCCCCCCCC(C)C. The minimum atomic E-state index is -4.97. The topological polar surface area (TPSA) is 237 Å². The molecule has 0 amide bonds. The summed E-state index contributed by atoms with van der Waals surface area (Å²) in [5.41, 5.74) is 0. The van der Waals surface area contributed by atoms with Gasteiger partial charge in [-0.1, -0.05) is 433 Å². The summed E-state index contributed by atoms with van der Waals surface area (Å²) in [7, 11) is -9.93. The third kappa shape index (κ3) is 82.1. The van der Waals surface area contributed by atoms with Crippen molar-refractivity contribution in [1.29, 1.82) is 0 Å². The van der Waals surface area contributed by atoms with Gasteiger partial charge in [0.15, 0.2) is 12.2 Å². The highest BCUT2D eigenvalue weighted by Crippen LogP contribution is 2.45. The monoisotopic (exact) mass is 1580 g/mol. The molecule has 0 rings (SSSR count). The molecule has 3 N–H and O–H groups in total. The third-order valence-corrected chi connectivity index (χ3v) is 22.9. The zero-order chi connectivity index (χ0) is 79.0. The first kappa shape index (κ1) is 106. The molecule has 0 aromatic rings. The lowest BCUT2D eigenvalue weighted by molar-refractivity contribution is -0.161. The molecule has 108 heavy (non-hydrogen) atoms. The van der Waals surface area contributed by atoms with Crippen molar-refractivity contribution in [3.8, 4) is 0 Å². The summed E-state index contributed by atoms with van der Waals surface area (Å²) in [6.45, 7) is 7.38. The summed E-state index contributed by atoms with van der Waals surface area (Å²) in [5.74, 6) is -1.31. The number of esters is 4. The molecular formula is C89H174O17P2. The van der Waals surface area contributed by atoms with Crippen LogP contribution in [-0.2, 0) is 65.4 Å². The molecule has 0 aromatic heterocycles. The van der Waals surface area contributed by atoms with Crippen molar-refractivity contribution in [1.82, 2.24) is 0 Å². The van der Waals surface area contributed by atoms with E-state index in [-0.39, 0.29) is 25.7 Å². The third-order valence-electron chi connectivity index (χ3n) is 21.0. The predicted molar refractivity (Wildman–Crippen MR) is 446 cm³/mol. The van der Waals surface area contributed by atoms with Gasteiger partial charge in [0.25, 0.3) is 0 Å². The Balaban J connectivity index is 5.21. The number of phosphoric acid groups is 2. The number of hydrogen-bond acceptors (Lipinski definition) is 15. The average molecular weight is 1580 g/mol. The van der Waals surface area contributed by atoms with E-state index < -0.39 is 97.5 Å². The predicted octanol–water partition coefficient (Wildman–Crippen LogP) is 27.5. The highest BCUT2D eigenvalue weighted by atomic mass is 31.2. The number of aliphatic hydroxyl groups excluding tert-OH is 1. The maximum atomic E-state index is 13.2. The van der Waals surface area contributed by atoms with Crippen LogP contribution in [0.2, 0.25) is 0 Å². The Hall–Kier alpha value is -1.94. The number of unbranched alkanes of at least 4 members (excludes halogenated alkanes) is 61. The Kier molecular flexibility index (Phi) is 80.2. The van der Waals surface area contributed by atoms with E-state index >= 15 is 0 Å². The molecule has 642 valence electrons. The second kappa shape index (κ2) is 81.6. The standard InChI is InChI=1S/C89H174O17P2/c1-6-9-12-15-18-21-24-26-28-30-32-34-35-37-39-41-45-49-54-59-64-69-74-88(93)106-85(79-100-87(92)73-68-63-58-53-48-44-40-38-36-33-31-29-27-25-22-19-16-13-10-7-2)81-104-108(97,98)102-77-83(90)76-101-107(95,96)103-80-84(78-99-86(91)72-67-62-57-52-23-20-17-14-11-8-3)105-89(94)75-70-65-60-55-50-46-42-43-47-51-56-61-66-71-82(4)5/h82-85,90H,6-81H2,1-5H3,(H,95,96)(H,97,98)/t83-,84+,85+/m0/s1. The Labute approximate surface area is 664 Å². The maximum absolute atomic E-state index is 13.2. The highest BCUT2D eigenvalue weighted by Gasteiger charge is 2.30. The number of rotatable bonds is 89. The number of carbonyl (C=O) groups is 4. The summed E-state index contributed by atoms with van der Waals surface area (Å²) < 4.78 is 69.0. The van der Waals surface area contributed by atoms with Crippen molar-refractivity contribution in [2.45, 2.75) is 502 Å². The molecule has 19 heteroatoms. The van der Waals surface area contributed by atoms with E-state index in [4.69, 9.17) is 37.0 Å². The van der Waals surface area contributed by atoms with Crippen LogP contribution >= 0.6 is 15.6 Å². The van der Waals surface area contributed by atoms with E-state index in [1.807, 2.05) is 0 Å². The van der Waals surface area contributed by atoms with E-state index in [1.54, 1.807) is 0 Å². The Morgan fingerprint density at radius 3 is 0.630 bits per heavy atom. The zero-order valence-electron chi connectivity index (χ0n) is 71.0. The Bertz CT molecular complexity index is 2050. The minimum Gasteiger partial charge on any atom is -0.462 e. The largest absolute Gasteiger partial charge is 0.472 e. The molecule has 0 aliphatic rings. The lowest BCUT2D eigenvalue weighted by atomic mass is 10.0. The molecule has 0 radical (unpaired) electrons. The van der Waals surface area contributed by atoms with Crippen molar-refractivity contribution in [2.24, 2.45) is 5.92 Å². The van der Waals surface area contributed by atoms with Gasteiger partial charge in [0, 0.05) is 25.7 Å². The van der Waals surface area contributed by atoms with Gasteiger partial charge >= 0.3 is 39.5 Å². The van der Waals surface area contributed by atoms with Gasteiger partial charge < -0.3 is 33.8 Å². The fourth-order valence-corrected chi connectivity index (χ4v) is 15.6. The minimum absolute atomic E-state index is 0.108. The molecule has 5 atom stereocenters. The second-order valence-electron chi connectivity index (χ2n) is 32.5. The lowest BCUT2D eigenvalue weighted by Gasteiger charge is -2.21. The molecule has 0 aromatic carbocycles. The van der Waals surface area contributed by atoms with E-state index in [0.717, 1.165) is 95.8 Å². The number of carbonyl (C=O) groups excluding carboxylic acids is 4. The van der Waals surface area contributed by atoms with Crippen LogP contribution in [0.15, 0.2) is 0 Å². The molecule has 0 saturated carbocycles. The maximum Gasteiger partial charge on any atom is 0.472 e. The van der Waals surface area contributed by atoms with Gasteiger partial charge in [-0.3, -0.25) is 37.3 Å². The molecule has 0 heterocycles. The van der Waals surface area contributed by atoms with Crippen LogP contribution in [0, 0.1) is 5.92 Å². The average Bonchev–Trinajstić information content (AvgIpc) is 0.906. The lowest BCUT2D eigenvalue weighted by Crippen LogP contribution is -2.30. The van der Waals surface area contributed by atoms with Crippen molar-refractivity contribution < 1.29 is 80.2 Å². The second-order valence-corrected chi connectivity index (χ2v) is 35.4. The van der Waals surface area contributed by atoms with Crippen LogP contribution in [0.25, 0.3) is 0 Å². The molecule has 0 fully saturated rings. The first-order valence-corrected chi connectivity index (χ1v) is 49.1. The molecule has 0 bridgehead atoms. The van der Waals surface area contributed by atoms with Gasteiger partial charge in [-0.2, -0.15) is 0 Å². The summed E-state index contributed by atoms with van der Waals surface area (Å²) >= 11 is 0. The van der Waals surface area contributed by atoms with Crippen LogP contribution in [0.3, 0.4) is 0 Å². The summed E-state index contributed by atoms with van der Waals surface area (Å²) in [6.07, 6.45) is 76.5. The van der Waals surface area contributed by atoms with Crippen molar-refractivity contribution in [3.63, 3.8) is 0 Å². The quantitative estimate of drug-likeness (QED) is 0.0222. The van der Waals surface area contributed by atoms with Crippen LogP contribution in [0.4, 0.5) is 0 Å². The normalized spacial score (nSPS) is 13.7. The van der Waals surface area contributed by atoms with Gasteiger partial charge in [-0.15, -0.1) is 0 Å². The van der Waals surface area contributed by atoms with Crippen molar-refractivity contribution in [3.05, 3.63) is 0 Å². The summed E-state index contributed by atoms with van der Waals surface area (Å²) in [6, 6.07) is 0. The van der Waals surface area contributed by atoms with Crippen molar-refractivity contribution >= 4 is 39.5 Å². The van der Waals surface area contributed by atoms with Gasteiger partial charge in [-0.25, -0.2) is 9.13 Å². The van der Waals surface area contributed by atoms with Gasteiger partial charge in [0.2, 0.25) is 0 Å². The van der Waals surface area contributed by atoms with Gasteiger partial charge in [-0.05, 0) is 31.6 Å². The Morgan fingerprint density at radius 1 is 0.250 bits per heavy atom. The van der Waals surface area contributed by atoms with Crippen LogP contribution in [-0.4, -0.2) is 96.7 Å². The van der Waals surface area contributed by atoms with Crippen LogP contribution in [0.5, 0.6) is 0 Å². The fraction of sp³-hybridized carbons (Fsp3) is 0.955. The molecule has 0 aliphatic heterocycles. The van der Waals surface area contributed by atoms with Crippen LogP contribution < -0.4 is 0 Å². The number of hydrogen-bond donors (Lipinski definition) is 3. The highest BCUT2D eigenvalue weighted by molar-refractivity contribution is 7.47. The van der Waals surface area contributed by atoms with Gasteiger partial charge in [0.1, 0.15) is 19.3 Å². The van der Waals surface area contributed by atoms with E-state index in [9.17, 15) is 43.2 Å². The summed E-state index contributed by atoms with van der Waals surface area (Å²) in [5, 5.41) is 10.7. The van der Waals surface area contributed by atoms with E-state index in [0.29, 0.717) is 25.7 Å². The number of aliphatic hydroxyl groups is 1. The summed E-state index contributed by atoms with van der Waals surface area (Å²) in [4.78, 5) is 73.3. The van der Waals surface area contributed by atoms with Crippen LogP contribution in [0.1, 0.15) is 484 Å². The molecule has 17 nitrogen and oxygen atoms in total. The molecular weight excluding hydrogens is 1400 g/mol. The van der Waals surface area contributed by atoms with E-state index in [1.165, 1.54) is 308 Å². The Morgan fingerprint density at radius 2 is 0.426 bits per heavy atom. The smallest absolute Gasteiger partial charge is 0.462 e. The first-order valence-electron chi connectivity index (χ1n) is 46.1. The zero-order valence-corrected chi connectivity index (χ0v) is 72.8. The number of phosphoric ester groups is 2. The van der Waals surface area contributed by atoms with Gasteiger partial charge in [0.05, 0.1) is 26.4 Å². The fourth-order valence-electron chi connectivity index (χ4n) is 14.0. The molecule has 0 aliphatic carbocycles. The molecule has 0 saturated heterocycles. The first-order chi connectivity index (χ1) is 52.5.